The molecule has 0 aliphatic carbocycles. The molecule has 1 unspecified atom stereocenters. The average Bonchev–Trinajstić information content (AvgIpc) is 2.92. The molecule has 0 radical (unpaired) electrons. The fraction of sp³-hybridized carbons (Fsp3) is 0.667. The van der Waals surface area contributed by atoms with Crippen LogP contribution in [0.15, 0.2) is 16.8 Å². The summed E-state index contributed by atoms with van der Waals surface area (Å²) < 4.78 is 5.74. The lowest BCUT2D eigenvalue weighted by Crippen LogP contribution is -2.36. The number of carbonyl (C=O) groups excluding carboxylic acids is 1. The Hall–Kier alpha value is -0.910. The van der Waals surface area contributed by atoms with Gasteiger partial charge in [0, 0.05) is 12.5 Å². The van der Waals surface area contributed by atoms with E-state index < -0.39 is 0 Å². The van der Waals surface area contributed by atoms with E-state index in [1.54, 1.807) is 11.3 Å². The summed E-state index contributed by atoms with van der Waals surface area (Å²) in [6.07, 6.45) is 3.78. The summed E-state index contributed by atoms with van der Waals surface area (Å²) in [5.41, 5.74) is 1.29. The number of piperidine rings is 1. The Kier molecular flexibility index (Phi) is 6.50. The third-order valence-electron chi connectivity index (χ3n) is 3.50. The lowest BCUT2D eigenvalue weighted by Gasteiger charge is -2.23. The Balaban J connectivity index is 1.57. The molecule has 1 aromatic rings. The van der Waals surface area contributed by atoms with Crippen molar-refractivity contribution in [1.82, 2.24) is 10.6 Å². The molecular formula is C15H24N2O2S. The second kappa shape index (κ2) is 8.39. The van der Waals surface area contributed by atoms with E-state index in [1.807, 2.05) is 6.92 Å². The van der Waals surface area contributed by atoms with Crippen LogP contribution in [0.25, 0.3) is 0 Å². The number of hydrogen-bond donors (Lipinski definition) is 2. The van der Waals surface area contributed by atoms with Crippen molar-refractivity contribution in [2.45, 2.75) is 44.8 Å². The Morgan fingerprint density at radius 1 is 1.55 bits per heavy atom. The van der Waals surface area contributed by atoms with E-state index in [2.05, 4.69) is 27.5 Å². The number of thiophene rings is 1. The van der Waals surface area contributed by atoms with Crippen LogP contribution in [-0.4, -0.2) is 37.7 Å². The molecule has 1 atom stereocenters. The Morgan fingerprint density at radius 2 is 2.35 bits per heavy atom. The van der Waals surface area contributed by atoms with Gasteiger partial charge in [0.2, 0.25) is 5.91 Å². The van der Waals surface area contributed by atoms with Crippen LogP contribution in [0.5, 0.6) is 0 Å². The third kappa shape index (κ3) is 5.61. The zero-order valence-electron chi connectivity index (χ0n) is 12.1. The molecule has 2 heterocycles. The van der Waals surface area contributed by atoms with Crippen LogP contribution in [0.3, 0.4) is 0 Å². The van der Waals surface area contributed by atoms with Gasteiger partial charge >= 0.3 is 0 Å². The summed E-state index contributed by atoms with van der Waals surface area (Å²) in [5, 5.41) is 10.5. The van der Waals surface area contributed by atoms with Crippen LogP contribution < -0.4 is 10.6 Å². The summed E-state index contributed by atoms with van der Waals surface area (Å²) in [4.78, 5) is 11.8. The van der Waals surface area contributed by atoms with Crippen LogP contribution in [0, 0.1) is 0 Å². The van der Waals surface area contributed by atoms with Crippen LogP contribution in [0.2, 0.25) is 0 Å². The fourth-order valence-corrected chi connectivity index (χ4v) is 3.12. The summed E-state index contributed by atoms with van der Waals surface area (Å²) in [6.45, 7) is 4.62. The van der Waals surface area contributed by atoms with Crippen LogP contribution in [0.4, 0.5) is 0 Å². The highest BCUT2D eigenvalue weighted by atomic mass is 32.1. The number of carbonyl (C=O) groups is 1. The van der Waals surface area contributed by atoms with Crippen LogP contribution >= 0.6 is 11.3 Å². The summed E-state index contributed by atoms with van der Waals surface area (Å²) in [7, 11) is 0. The van der Waals surface area contributed by atoms with E-state index in [1.165, 1.54) is 5.56 Å². The largest absolute Gasteiger partial charge is 0.378 e. The second-order valence-electron chi connectivity index (χ2n) is 5.37. The SMILES string of the molecule is CC(Cc1ccsc1)NC(=O)CCOC1CCNCC1. The molecule has 0 saturated carbocycles. The Morgan fingerprint density at radius 3 is 3.05 bits per heavy atom. The van der Waals surface area contributed by atoms with E-state index in [0.29, 0.717) is 19.1 Å². The van der Waals surface area contributed by atoms with Gasteiger partial charge in [-0.15, -0.1) is 0 Å². The molecule has 20 heavy (non-hydrogen) atoms. The third-order valence-corrected chi connectivity index (χ3v) is 4.23. The topological polar surface area (TPSA) is 50.4 Å². The number of ether oxygens (including phenoxy) is 1. The van der Waals surface area contributed by atoms with E-state index in [0.717, 1.165) is 32.4 Å². The maximum absolute atomic E-state index is 11.8. The summed E-state index contributed by atoms with van der Waals surface area (Å²) >= 11 is 1.69. The predicted octanol–water partition coefficient (Wildman–Crippen LogP) is 1.95. The lowest BCUT2D eigenvalue weighted by molar-refractivity contribution is -0.123. The molecule has 5 heteroatoms. The van der Waals surface area contributed by atoms with Crippen molar-refractivity contribution in [2.75, 3.05) is 19.7 Å². The Bertz CT molecular complexity index is 389. The van der Waals surface area contributed by atoms with Crippen LogP contribution in [-0.2, 0) is 16.0 Å². The quantitative estimate of drug-likeness (QED) is 0.808. The highest BCUT2D eigenvalue weighted by Crippen LogP contribution is 2.09. The lowest BCUT2D eigenvalue weighted by atomic mass is 10.1. The zero-order valence-corrected chi connectivity index (χ0v) is 12.9. The summed E-state index contributed by atoms with van der Waals surface area (Å²) in [5.74, 6) is 0.0849. The molecule has 0 spiro atoms. The predicted molar refractivity (Wildman–Crippen MR) is 82.1 cm³/mol. The molecule has 4 nitrogen and oxygen atoms in total. The molecule has 2 rings (SSSR count). The van der Waals surface area contributed by atoms with Crippen molar-refractivity contribution in [1.29, 1.82) is 0 Å². The zero-order chi connectivity index (χ0) is 14.2. The number of nitrogens with one attached hydrogen (secondary N) is 2. The van der Waals surface area contributed by atoms with Crippen molar-refractivity contribution in [3.63, 3.8) is 0 Å². The van der Waals surface area contributed by atoms with Gasteiger partial charge in [-0.3, -0.25) is 4.79 Å². The van der Waals surface area contributed by atoms with Crippen LogP contribution in [0.1, 0.15) is 31.7 Å². The van der Waals surface area contributed by atoms with Gasteiger partial charge in [-0.25, -0.2) is 0 Å². The molecule has 1 fully saturated rings. The Labute approximate surface area is 124 Å². The number of hydrogen-bond acceptors (Lipinski definition) is 4. The van der Waals surface area contributed by atoms with Gasteiger partial charge in [0.05, 0.1) is 12.7 Å². The standard InChI is InChI=1S/C15H24N2O2S/c1-12(10-13-5-9-20-11-13)17-15(18)4-8-19-14-2-6-16-7-3-14/h5,9,11-12,14,16H,2-4,6-8,10H2,1H3,(H,17,18). The highest BCUT2D eigenvalue weighted by molar-refractivity contribution is 7.07. The normalized spacial score (nSPS) is 17.9. The van der Waals surface area contributed by atoms with Gasteiger partial charge in [0.15, 0.2) is 0 Å². The van der Waals surface area contributed by atoms with E-state index in [9.17, 15) is 4.79 Å². The van der Waals surface area contributed by atoms with Crippen molar-refractivity contribution in [3.05, 3.63) is 22.4 Å². The maximum atomic E-state index is 11.8. The first kappa shape index (κ1) is 15.5. The number of amides is 1. The molecule has 0 bridgehead atoms. The van der Waals surface area contributed by atoms with Crippen molar-refractivity contribution >= 4 is 17.2 Å². The molecule has 1 amide bonds. The van der Waals surface area contributed by atoms with Gasteiger partial charge < -0.3 is 15.4 Å². The molecule has 112 valence electrons. The first-order valence-corrected chi connectivity index (χ1v) is 8.31. The fourth-order valence-electron chi connectivity index (χ4n) is 2.44. The minimum absolute atomic E-state index is 0.0849. The average molecular weight is 296 g/mol. The first-order chi connectivity index (χ1) is 9.74. The minimum atomic E-state index is 0.0849. The van der Waals surface area contributed by atoms with Gasteiger partial charge in [-0.2, -0.15) is 11.3 Å². The molecular weight excluding hydrogens is 272 g/mol. The monoisotopic (exact) mass is 296 g/mol. The van der Waals surface area contributed by atoms with Crippen molar-refractivity contribution < 1.29 is 9.53 Å². The van der Waals surface area contributed by atoms with Crippen molar-refractivity contribution in [3.8, 4) is 0 Å². The highest BCUT2D eigenvalue weighted by Gasteiger charge is 2.14. The molecule has 1 aromatic heterocycles. The summed E-state index contributed by atoms with van der Waals surface area (Å²) in [6, 6.07) is 2.28. The molecule has 1 aliphatic heterocycles. The number of rotatable bonds is 7. The van der Waals surface area contributed by atoms with Crippen molar-refractivity contribution in [2.24, 2.45) is 0 Å². The minimum Gasteiger partial charge on any atom is -0.378 e. The molecule has 1 saturated heterocycles. The first-order valence-electron chi connectivity index (χ1n) is 7.37. The van der Waals surface area contributed by atoms with Gasteiger partial charge in [0.1, 0.15) is 0 Å². The smallest absolute Gasteiger partial charge is 0.222 e. The molecule has 2 N–H and O–H groups in total. The molecule has 1 aliphatic rings. The second-order valence-corrected chi connectivity index (χ2v) is 6.15. The van der Waals surface area contributed by atoms with Gasteiger partial charge in [-0.1, -0.05) is 0 Å². The van der Waals surface area contributed by atoms with Gasteiger partial charge in [0.25, 0.3) is 0 Å². The maximum Gasteiger partial charge on any atom is 0.222 e. The van der Waals surface area contributed by atoms with Gasteiger partial charge in [-0.05, 0) is 61.7 Å². The van der Waals surface area contributed by atoms with E-state index in [-0.39, 0.29) is 11.9 Å². The molecule has 0 aromatic carbocycles. The van der Waals surface area contributed by atoms with E-state index >= 15 is 0 Å². The van der Waals surface area contributed by atoms with E-state index in [4.69, 9.17) is 4.74 Å².